The monoisotopic (exact) mass is 312 g/mol. The Labute approximate surface area is 138 Å². The topological polar surface area (TPSA) is 35.5 Å². The Bertz CT molecular complexity index is 590. The molecule has 2 aromatic carbocycles. The van der Waals surface area contributed by atoms with Crippen molar-refractivity contribution in [3.63, 3.8) is 0 Å². The van der Waals surface area contributed by atoms with E-state index >= 15 is 0 Å². The second-order valence-corrected chi connectivity index (χ2v) is 5.39. The van der Waals surface area contributed by atoms with Gasteiger partial charge >= 0.3 is 5.97 Å². The van der Waals surface area contributed by atoms with Crippen molar-refractivity contribution >= 4 is 5.97 Å². The molecule has 0 aliphatic heterocycles. The lowest BCUT2D eigenvalue weighted by atomic mass is 9.88. The molecule has 0 radical (unpaired) electrons. The van der Waals surface area contributed by atoms with Gasteiger partial charge in [0.1, 0.15) is 5.75 Å². The van der Waals surface area contributed by atoms with Gasteiger partial charge in [-0.15, -0.1) is 0 Å². The van der Waals surface area contributed by atoms with Gasteiger partial charge in [0.15, 0.2) is 0 Å². The lowest BCUT2D eigenvalue weighted by molar-refractivity contribution is -0.143. The first-order chi connectivity index (χ1) is 11.2. The largest absolute Gasteiger partial charge is 0.494 e. The fraction of sp³-hybridized carbons (Fsp3) is 0.350. The zero-order valence-corrected chi connectivity index (χ0v) is 13.8. The zero-order chi connectivity index (χ0) is 16.5. The van der Waals surface area contributed by atoms with Crippen LogP contribution in [0.1, 0.15) is 43.7 Å². The molecule has 23 heavy (non-hydrogen) atoms. The third-order valence-electron chi connectivity index (χ3n) is 3.63. The first-order valence-corrected chi connectivity index (χ1v) is 8.18. The number of carbonyl (C=O) groups excluding carboxylic acids is 1. The molecule has 0 heterocycles. The Hall–Kier alpha value is -2.29. The molecule has 0 N–H and O–H groups in total. The molecule has 0 bridgehead atoms. The standard InChI is InChI=1S/C20H24O3/c1-3-14-23-18-12-10-17(11-13-18)19(15-20(21)22-4-2)16-8-6-5-7-9-16/h5-13,19H,3-4,14-15H2,1-2H3. The third-order valence-corrected chi connectivity index (χ3v) is 3.63. The van der Waals surface area contributed by atoms with Gasteiger partial charge in [-0.3, -0.25) is 4.79 Å². The Kier molecular flexibility index (Phi) is 6.67. The van der Waals surface area contributed by atoms with Crippen molar-refractivity contribution < 1.29 is 14.3 Å². The molecule has 0 aliphatic carbocycles. The van der Waals surface area contributed by atoms with Gasteiger partial charge in [0.05, 0.1) is 19.6 Å². The fourth-order valence-corrected chi connectivity index (χ4v) is 2.52. The lowest BCUT2D eigenvalue weighted by Gasteiger charge is -2.18. The molecule has 3 nitrogen and oxygen atoms in total. The van der Waals surface area contributed by atoms with E-state index in [1.165, 1.54) is 0 Å². The van der Waals surface area contributed by atoms with Crippen LogP contribution in [0.3, 0.4) is 0 Å². The average Bonchev–Trinajstić information content (AvgIpc) is 2.59. The van der Waals surface area contributed by atoms with E-state index in [-0.39, 0.29) is 11.9 Å². The summed E-state index contributed by atoms with van der Waals surface area (Å²) in [6.07, 6.45) is 1.32. The van der Waals surface area contributed by atoms with Gasteiger partial charge in [-0.05, 0) is 36.6 Å². The van der Waals surface area contributed by atoms with Gasteiger partial charge in [-0.25, -0.2) is 0 Å². The van der Waals surface area contributed by atoms with Crippen LogP contribution in [-0.2, 0) is 9.53 Å². The molecule has 2 rings (SSSR count). The quantitative estimate of drug-likeness (QED) is 0.670. The van der Waals surface area contributed by atoms with Crippen molar-refractivity contribution in [2.24, 2.45) is 0 Å². The summed E-state index contributed by atoms with van der Waals surface area (Å²) in [5.74, 6) is 0.682. The molecule has 1 atom stereocenters. The molecule has 0 saturated carbocycles. The molecule has 1 unspecified atom stereocenters. The fourth-order valence-electron chi connectivity index (χ4n) is 2.52. The minimum Gasteiger partial charge on any atom is -0.494 e. The Morgan fingerprint density at radius 1 is 0.957 bits per heavy atom. The van der Waals surface area contributed by atoms with Crippen molar-refractivity contribution in [2.45, 2.75) is 32.6 Å². The van der Waals surface area contributed by atoms with E-state index < -0.39 is 0 Å². The highest BCUT2D eigenvalue weighted by Gasteiger charge is 2.19. The first-order valence-electron chi connectivity index (χ1n) is 8.18. The maximum atomic E-state index is 12.0. The number of ether oxygens (including phenoxy) is 2. The van der Waals surface area contributed by atoms with Crippen LogP contribution < -0.4 is 4.74 Å². The molecular formula is C20H24O3. The minimum absolute atomic E-state index is 0.00419. The predicted molar refractivity (Wildman–Crippen MR) is 91.8 cm³/mol. The van der Waals surface area contributed by atoms with Crippen molar-refractivity contribution in [3.8, 4) is 5.75 Å². The summed E-state index contributed by atoms with van der Waals surface area (Å²) >= 11 is 0. The van der Waals surface area contributed by atoms with Crippen molar-refractivity contribution in [1.82, 2.24) is 0 Å². The highest BCUT2D eigenvalue weighted by molar-refractivity contribution is 5.71. The van der Waals surface area contributed by atoms with Crippen LogP contribution in [0, 0.1) is 0 Å². The van der Waals surface area contributed by atoms with Crippen LogP contribution in [0.5, 0.6) is 5.75 Å². The summed E-state index contributed by atoms with van der Waals surface area (Å²) in [5, 5.41) is 0. The van der Waals surface area contributed by atoms with Crippen LogP contribution in [-0.4, -0.2) is 19.2 Å². The Balaban J connectivity index is 2.21. The van der Waals surface area contributed by atoms with Crippen molar-refractivity contribution in [1.29, 1.82) is 0 Å². The molecular weight excluding hydrogens is 288 g/mol. The zero-order valence-electron chi connectivity index (χ0n) is 13.8. The second kappa shape index (κ2) is 8.99. The molecule has 0 amide bonds. The predicted octanol–water partition coefficient (Wildman–Crippen LogP) is 4.56. The second-order valence-electron chi connectivity index (χ2n) is 5.39. The van der Waals surface area contributed by atoms with E-state index in [0.29, 0.717) is 19.6 Å². The summed E-state index contributed by atoms with van der Waals surface area (Å²) in [6.45, 7) is 5.03. The van der Waals surface area contributed by atoms with Gasteiger partial charge < -0.3 is 9.47 Å². The van der Waals surface area contributed by atoms with Gasteiger partial charge in [0.25, 0.3) is 0 Å². The molecule has 0 fully saturated rings. The van der Waals surface area contributed by atoms with E-state index in [1.54, 1.807) is 0 Å². The average molecular weight is 312 g/mol. The van der Waals surface area contributed by atoms with Crippen molar-refractivity contribution in [3.05, 3.63) is 65.7 Å². The smallest absolute Gasteiger partial charge is 0.306 e. The number of esters is 1. The number of hydrogen-bond acceptors (Lipinski definition) is 3. The van der Waals surface area contributed by atoms with Crippen LogP contribution in [0.2, 0.25) is 0 Å². The molecule has 0 aromatic heterocycles. The molecule has 0 aliphatic rings. The maximum absolute atomic E-state index is 12.0. The van der Waals surface area contributed by atoms with Gasteiger partial charge in [-0.2, -0.15) is 0 Å². The third kappa shape index (κ3) is 5.13. The van der Waals surface area contributed by atoms with Crippen LogP contribution in [0.15, 0.2) is 54.6 Å². The highest BCUT2D eigenvalue weighted by Crippen LogP contribution is 2.29. The van der Waals surface area contributed by atoms with E-state index in [9.17, 15) is 4.79 Å². The maximum Gasteiger partial charge on any atom is 0.306 e. The van der Waals surface area contributed by atoms with Gasteiger partial charge in [0.2, 0.25) is 0 Å². The highest BCUT2D eigenvalue weighted by atomic mass is 16.5. The Morgan fingerprint density at radius 2 is 1.61 bits per heavy atom. The molecule has 0 saturated heterocycles. The van der Waals surface area contributed by atoms with Crippen LogP contribution in [0.4, 0.5) is 0 Å². The van der Waals surface area contributed by atoms with Crippen molar-refractivity contribution in [2.75, 3.05) is 13.2 Å². The van der Waals surface area contributed by atoms with E-state index in [2.05, 4.69) is 6.92 Å². The lowest BCUT2D eigenvalue weighted by Crippen LogP contribution is -2.11. The number of hydrogen-bond donors (Lipinski definition) is 0. The summed E-state index contributed by atoms with van der Waals surface area (Å²) in [6, 6.07) is 18.0. The summed E-state index contributed by atoms with van der Waals surface area (Å²) < 4.78 is 10.8. The summed E-state index contributed by atoms with van der Waals surface area (Å²) in [5.41, 5.74) is 2.20. The van der Waals surface area contributed by atoms with Crippen LogP contribution >= 0.6 is 0 Å². The first kappa shape index (κ1) is 17.1. The van der Waals surface area contributed by atoms with E-state index in [4.69, 9.17) is 9.47 Å². The summed E-state index contributed by atoms with van der Waals surface area (Å²) in [4.78, 5) is 12.0. The van der Waals surface area contributed by atoms with Gasteiger partial charge in [-0.1, -0.05) is 49.4 Å². The molecule has 0 spiro atoms. The molecule has 3 heteroatoms. The summed E-state index contributed by atoms with van der Waals surface area (Å²) in [7, 11) is 0. The normalized spacial score (nSPS) is 11.7. The number of rotatable bonds is 8. The number of carbonyl (C=O) groups is 1. The van der Waals surface area contributed by atoms with E-state index in [1.807, 2.05) is 61.5 Å². The number of benzene rings is 2. The van der Waals surface area contributed by atoms with Gasteiger partial charge in [0, 0.05) is 5.92 Å². The SMILES string of the molecule is CCCOc1ccc(C(CC(=O)OCC)c2ccccc2)cc1. The Morgan fingerprint density at radius 3 is 2.22 bits per heavy atom. The minimum atomic E-state index is -0.173. The van der Waals surface area contributed by atoms with Crippen LogP contribution in [0.25, 0.3) is 0 Å². The molecule has 2 aromatic rings. The molecule has 122 valence electrons. The van der Waals surface area contributed by atoms with E-state index in [0.717, 1.165) is 23.3 Å².